The summed E-state index contributed by atoms with van der Waals surface area (Å²) in [5.74, 6) is -2.24. The Kier molecular flexibility index (Phi) is 9.16. The molecular formula is C26H31ClF2N6O5. The van der Waals surface area contributed by atoms with E-state index in [0.717, 1.165) is 12.1 Å². The van der Waals surface area contributed by atoms with Crippen LogP contribution in [0.3, 0.4) is 0 Å². The number of anilines is 2. The maximum atomic E-state index is 14.6. The molecule has 2 amide bonds. The highest BCUT2D eigenvalue weighted by Crippen LogP contribution is 2.35. The number of carbonyl (C=O) groups is 3. The zero-order valence-electron chi connectivity index (χ0n) is 22.5. The average Bonchev–Trinajstić information content (AvgIpc) is 2.91. The van der Waals surface area contributed by atoms with Gasteiger partial charge in [0.1, 0.15) is 22.9 Å². The smallest absolute Gasteiger partial charge is 0.416 e. The number of ketones is 1. The molecule has 0 bridgehead atoms. The van der Waals surface area contributed by atoms with Crippen LogP contribution in [0.5, 0.6) is 0 Å². The molecule has 11 nitrogen and oxygen atoms in total. The summed E-state index contributed by atoms with van der Waals surface area (Å²) in [5, 5.41) is 10.3. The van der Waals surface area contributed by atoms with Crippen molar-refractivity contribution in [2.24, 2.45) is 0 Å². The second kappa shape index (κ2) is 12.4. The molecule has 2 aliphatic rings. The van der Waals surface area contributed by atoms with Crippen molar-refractivity contribution in [3.05, 3.63) is 46.1 Å². The van der Waals surface area contributed by atoms with Gasteiger partial charge >= 0.3 is 6.09 Å². The van der Waals surface area contributed by atoms with Gasteiger partial charge in [-0.1, -0.05) is 11.6 Å². The molecule has 1 fully saturated rings. The van der Waals surface area contributed by atoms with Crippen molar-refractivity contribution >= 4 is 40.9 Å². The molecular weight excluding hydrogens is 550 g/mol. The van der Waals surface area contributed by atoms with Gasteiger partial charge in [0.15, 0.2) is 5.82 Å². The molecule has 0 aliphatic carbocycles. The fourth-order valence-electron chi connectivity index (χ4n) is 4.24. The lowest BCUT2D eigenvalue weighted by molar-refractivity contribution is -0.123. The third kappa shape index (κ3) is 7.20. The molecule has 0 saturated carbocycles. The number of ether oxygens (including phenoxy) is 2. The van der Waals surface area contributed by atoms with Crippen LogP contribution in [0.25, 0.3) is 0 Å². The molecule has 0 atom stereocenters. The Labute approximate surface area is 235 Å². The summed E-state index contributed by atoms with van der Waals surface area (Å²) < 4.78 is 39.5. The first-order valence-electron chi connectivity index (χ1n) is 12.8. The van der Waals surface area contributed by atoms with Gasteiger partial charge in [0.2, 0.25) is 11.7 Å². The zero-order valence-corrected chi connectivity index (χ0v) is 23.3. The molecule has 0 spiro atoms. The lowest BCUT2D eigenvalue weighted by Gasteiger charge is -2.37. The molecule has 0 unspecified atom stereocenters. The lowest BCUT2D eigenvalue weighted by Crippen LogP contribution is -2.47. The van der Waals surface area contributed by atoms with E-state index in [1.807, 2.05) is 4.90 Å². The number of benzene rings is 1. The number of rotatable bonds is 7. The first kappa shape index (κ1) is 29.6. The standard InChI is InChI=1S/C26H31ClF2N6O5/c1-26(2,3)40-25(38)35-7-6-34(14-16-17(28)4-5-18(29)23(16)27)20-12-19(31-32-24(20)35)21(36)13-30-22(37)15-33-8-10-39-11-9-33/h4-5,12H,6-11,13-15H2,1-3H3,(H,30,37). The predicted octanol–water partition coefficient (Wildman–Crippen LogP) is 2.80. The van der Waals surface area contributed by atoms with Crippen LogP contribution in [-0.4, -0.2) is 91.0 Å². The highest BCUT2D eigenvalue weighted by molar-refractivity contribution is 6.31. The van der Waals surface area contributed by atoms with Crippen LogP contribution < -0.4 is 15.1 Å². The van der Waals surface area contributed by atoms with Crippen LogP contribution in [0.15, 0.2) is 18.2 Å². The lowest BCUT2D eigenvalue weighted by atomic mass is 10.1. The average molecular weight is 581 g/mol. The highest BCUT2D eigenvalue weighted by atomic mass is 35.5. The number of hydrogen-bond donors (Lipinski definition) is 1. The Bertz CT molecular complexity index is 1280. The number of amides is 2. The van der Waals surface area contributed by atoms with E-state index in [9.17, 15) is 23.2 Å². The van der Waals surface area contributed by atoms with Crippen molar-refractivity contribution in [3.63, 3.8) is 0 Å². The Morgan fingerprint density at radius 3 is 2.48 bits per heavy atom. The van der Waals surface area contributed by atoms with Crippen molar-refractivity contribution < 1.29 is 32.6 Å². The van der Waals surface area contributed by atoms with Gasteiger partial charge in [0.25, 0.3) is 0 Å². The van der Waals surface area contributed by atoms with E-state index in [1.54, 1.807) is 25.7 Å². The van der Waals surface area contributed by atoms with Crippen LogP contribution in [-0.2, 0) is 20.8 Å². The number of Topliss-reactive ketones (excluding diaryl/α,β-unsaturated/α-hetero) is 1. The van der Waals surface area contributed by atoms with Gasteiger partial charge in [0.05, 0.1) is 37.0 Å². The highest BCUT2D eigenvalue weighted by Gasteiger charge is 2.33. The summed E-state index contributed by atoms with van der Waals surface area (Å²) in [4.78, 5) is 43.0. The Balaban J connectivity index is 1.57. The van der Waals surface area contributed by atoms with Gasteiger partial charge in [-0.15, -0.1) is 10.2 Å². The maximum Gasteiger partial charge on any atom is 0.416 e. The van der Waals surface area contributed by atoms with E-state index in [0.29, 0.717) is 26.3 Å². The summed E-state index contributed by atoms with van der Waals surface area (Å²) in [7, 11) is 0. The second-order valence-electron chi connectivity index (χ2n) is 10.4. The van der Waals surface area contributed by atoms with Gasteiger partial charge in [-0.25, -0.2) is 13.6 Å². The third-order valence-corrected chi connectivity index (χ3v) is 6.66. The normalized spacial score (nSPS) is 15.9. The number of nitrogens with one attached hydrogen (secondary N) is 1. The minimum atomic E-state index is -0.782. The van der Waals surface area contributed by atoms with Crippen molar-refractivity contribution in [3.8, 4) is 0 Å². The Morgan fingerprint density at radius 1 is 1.07 bits per heavy atom. The van der Waals surface area contributed by atoms with E-state index in [4.69, 9.17) is 21.1 Å². The minimum Gasteiger partial charge on any atom is -0.443 e. The molecule has 1 aromatic heterocycles. The van der Waals surface area contributed by atoms with Gasteiger partial charge in [-0.3, -0.25) is 19.4 Å². The van der Waals surface area contributed by atoms with E-state index in [-0.39, 0.29) is 66.4 Å². The van der Waals surface area contributed by atoms with Crippen molar-refractivity contribution in [1.29, 1.82) is 0 Å². The van der Waals surface area contributed by atoms with Gasteiger partial charge in [0, 0.05) is 38.3 Å². The molecule has 2 aliphatic heterocycles. The van der Waals surface area contributed by atoms with Crippen molar-refractivity contribution in [2.75, 3.05) is 62.3 Å². The number of halogens is 3. The Morgan fingerprint density at radius 2 is 1.77 bits per heavy atom. The van der Waals surface area contributed by atoms with Crippen molar-refractivity contribution in [2.45, 2.75) is 32.9 Å². The van der Waals surface area contributed by atoms with Gasteiger partial charge in [-0.05, 0) is 39.0 Å². The monoisotopic (exact) mass is 580 g/mol. The zero-order chi connectivity index (χ0) is 29.0. The molecule has 2 aromatic rings. The van der Waals surface area contributed by atoms with E-state index in [1.165, 1.54) is 11.0 Å². The largest absolute Gasteiger partial charge is 0.443 e. The van der Waals surface area contributed by atoms with Crippen molar-refractivity contribution in [1.82, 2.24) is 20.4 Å². The predicted molar refractivity (Wildman–Crippen MR) is 143 cm³/mol. The number of fused-ring (bicyclic) bond motifs is 1. The fourth-order valence-corrected chi connectivity index (χ4v) is 4.45. The summed E-state index contributed by atoms with van der Waals surface area (Å²) in [6.07, 6.45) is -0.674. The number of morpholine rings is 1. The SMILES string of the molecule is CC(C)(C)OC(=O)N1CCN(Cc2c(F)ccc(F)c2Cl)c2cc(C(=O)CNC(=O)CN3CCOCC3)nnc21. The molecule has 1 N–H and O–H groups in total. The van der Waals surface area contributed by atoms with Crippen LogP contribution in [0.1, 0.15) is 36.8 Å². The molecule has 1 aromatic carbocycles. The number of aromatic nitrogens is 2. The summed E-state index contributed by atoms with van der Waals surface area (Å²) in [5.41, 5.74) is -0.671. The number of hydrogen-bond acceptors (Lipinski definition) is 9. The quantitative estimate of drug-likeness (QED) is 0.390. The van der Waals surface area contributed by atoms with E-state index < -0.39 is 29.1 Å². The summed E-state index contributed by atoms with van der Waals surface area (Å²) in [6.45, 7) is 7.41. The first-order chi connectivity index (χ1) is 18.9. The van der Waals surface area contributed by atoms with Gasteiger partial charge < -0.3 is 19.7 Å². The van der Waals surface area contributed by atoms with E-state index in [2.05, 4.69) is 15.5 Å². The molecule has 40 heavy (non-hydrogen) atoms. The van der Waals surface area contributed by atoms with E-state index >= 15 is 0 Å². The molecule has 14 heteroatoms. The molecule has 216 valence electrons. The van der Waals surface area contributed by atoms with Crippen LogP contribution in [0.2, 0.25) is 5.02 Å². The van der Waals surface area contributed by atoms with Crippen LogP contribution in [0.4, 0.5) is 25.1 Å². The summed E-state index contributed by atoms with van der Waals surface area (Å²) in [6, 6.07) is 3.32. The molecule has 4 rings (SSSR count). The maximum absolute atomic E-state index is 14.6. The number of carbonyl (C=O) groups excluding carboxylic acids is 3. The molecule has 0 radical (unpaired) electrons. The molecule has 1 saturated heterocycles. The topological polar surface area (TPSA) is 117 Å². The fraction of sp³-hybridized carbons (Fsp3) is 0.500. The van der Waals surface area contributed by atoms with Crippen LogP contribution in [0, 0.1) is 11.6 Å². The minimum absolute atomic E-state index is 0.0766. The third-order valence-electron chi connectivity index (χ3n) is 6.25. The van der Waals surface area contributed by atoms with Gasteiger partial charge in [-0.2, -0.15) is 0 Å². The summed E-state index contributed by atoms with van der Waals surface area (Å²) >= 11 is 6.06. The first-order valence-corrected chi connectivity index (χ1v) is 13.2. The molecule has 3 heterocycles. The van der Waals surface area contributed by atoms with Crippen LogP contribution >= 0.6 is 11.6 Å². The second-order valence-corrected chi connectivity index (χ2v) is 10.8. The Hall–Kier alpha value is -3.42. The number of nitrogens with zero attached hydrogens (tertiary/aromatic N) is 5.